The first kappa shape index (κ1) is 13.8. The first-order chi connectivity index (χ1) is 9.54. The molecule has 1 aliphatic carbocycles. The normalized spacial score (nSPS) is 25.3. The Morgan fingerprint density at radius 1 is 1.15 bits per heavy atom. The number of fused-ring (bicyclic) bond motifs is 1. The second kappa shape index (κ2) is 4.97. The summed E-state index contributed by atoms with van der Waals surface area (Å²) in [5.74, 6) is 0.220. The third-order valence-corrected chi connectivity index (χ3v) is 4.99. The Morgan fingerprint density at radius 3 is 2.65 bits per heavy atom. The molecule has 3 heteroatoms. The molecule has 3 rings (SSSR count). The van der Waals surface area contributed by atoms with E-state index in [1.807, 2.05) is 24.3 Å². The summed E-state index contributed by atoms with van der Waals surface area (Å²) >= 11 is 3.26. The monoisotopic (exact) mass is 333 g/mol. The van der Waals surface area contributed by atoms with E-state index in [1.54, 1.807) is 12.1 Å². The molecule has 0 saturated heterocycles. The van der Waals surface area contributed by atoms with Crippen LogP contribution in [0.2, 0.25) is 0 Å². The van der Waals surface area contributed by atoms with Crippen molar-refractivity contribution >= 4 is 15.9 Å². The number of nitrogens with two attached hydrogens (primary N) is 1. The van der Waals surface area contributed by atoms with Gasteiger partial charge < -0.3 is 5.73 Å². The molecule has 0 aromatic heterocycles. The lowest BCUT2D eigenvalue weighted by molar-refractivity contribution is 0.395. The van der Waals surface area contributed by atoms with Gasteiger partial charge in [-0.05, 0) is 51.9 Å². The van der Waals surface area contributed by atoms with Gasteiger partial charge in [0.15, 0.2) is 0 Å². The highest BCUT2D eigenvalue weighted by molar-refractivity contribution is 9.10. The molecule has 2 atom stereocenters. The number of halogens is 2. The van der Waals surface area contributed by atoms with Crippen LogP contribution in [0.25, 0.3) is 0 Å². The fraction of sp³-hybridized carbons (Fsp3) is 0.294. The molecule has 104 valence electrons. The molecular formula is C17H17BrFN. The van der Waals surface area contributed by atoms with E-state index in [4.69, 9.17) is 5.73 Å². The molecular weight excluding hydrogens is 317 g/mol. The Morgan fingerprint density at radius 2 is 1.85 bits per heavy atom. The number of hydrogen-bond acceptors (Lipinski definition) is 1. The van der Waals surface area contributed by atoms with Crippen LogP contribution in [0.5, 0.6) is 0 Å². The van der Waals surface area contributed by atoms with Gasteiger partial charge in [-0.1, -0.05) is 43.3 Å². The first-order valence-corrected chi connectivity index (χ1v) is 7.66. The zero-order valence-electron chi connectivity index (χ0n) is 11.4. The fourth-order valence-corrected chi connectivity index (χ4v) is 3.56. The van der Waals surface area contributed by atoms with E-state index in [1.165, 1.54) is 5.56 Å². The van der Waals surface area contributed by atoms with Crippen LogP contribution in [0.4, 0.5) is 4.39 Å². The van der Waals surface area contributed by atoms with Crippen molar-refractivity contribution in [1.29, 1.82) is 0 Å². The molecule has 2 aromatic carbocycles. The first-order valence-electron chi connectivity index (χ1n) is 6.87. The van der Waals surface area contributed by atoms with Crippen molar-refractivity contribution in [2.24, 2.45) is 5.73 Å². The van der Waals surface area contributed by atoms with Gasteiger partial charge >= 0.3 is 0 Å². The van der Waals surface area contributed by atoms with E-state index in [9.17, 15) is 4.39 Å². The van der Waals surface area contributed by atoms with Gasteiger partial charge in [-0.2, -0.15) is 0 Å². The van der Waals surface area contributed by atoms with E-state index in [2.05, 4.69) is 28.9 Å². The second-order valence-electron chi connectivity index (χ2n) is 5.60. The summed E-state index contributed by atoms with van der Waals surface area (Å²) in [6.07, 6.45) is 1.73. The van der Waals surface area contributed by atoms with E-state index >= 15 is 0 Å². The van der Waals surface area contributed by atoms with Crippen molar-refractivity contribution in [1.82, 2.24) is 0 Å². The van der Waals surface area contributed by atoms with Crippen molar-refractivity contribution in [3.8, 4) is 0 Å². The molecule has 1 aliphatic rings. The van der Waals surface area contributed by atoms with Crippen molar-refractivity contribution < 1.29 is 4.39 Å². The summed E-state index contributed by atoms with van der Waals surface area (Å²) in [6, 6.07) is 13.5. The summed E-state index contributed by atoms with van der Waals surface area (Å²) in [7, 11) is 0. The smallest absolute Gasteiger partial charge is 0.142 e. The fourth-order valence-electron chi connectivity index (χ4n) is 3.20. The largest absolute Gasteiger partial charge is 0.318 e. The standard InChI is InChI=1S/C17H17BrFN/c1-11-9-10-17(20,13-6-3-2-5-12(11)13)14-7-4-8-15(18)16(14)19/h2-8,11H,9-10,20H2,1H3. The van der Waals surface area contributed by atoms with Crippen molar-refractivity contribution in [3.05, 3.63) is 69.4 Å². The molecule has 0 radical (unpaired) electrons. The maximum absolute atomic E-state index is 14.5. The maximum atomic E-state index is 14.5. The average Bonchev–Trinajstić information content (AvgIpc) is 2.46. The van der Waals surface area contributed by atoms with Crippen LogP contribution >= 0.6 is 15.9 Å². The highest BCUT2D eigenvalue weighted by atomic mass is 79.9. The van der Waals surface area contributed by atoms with Gasteiger partial charge in [-0.25, -0.2) is 4.39 Å². The Bertz CT molecular complexity index is 655. The van der Waals surface area contributed by atoms with Gasteiger partial charge in [0.1, 0.15) is 5.82 Å². The lowest BCUT2D eigenvalue weighted by atomic mass is 9.69. The summed E-state index contributed by atoms with van der Waals surface area (Å²) in [4.78, 5) is 0. The summed E-state index contributed by atoms with van der Waals surface area (Å²) in [6.45, 7) is 2.20. The molecule has 20 heavy (non-hydrogen) atoms. The molecule has 0 fully saturated rings. The highest BCUT2D eigenvalue weighted by Crippen LogP contribution is 2.44. The number of hydrogen-bond donors (Lipinski definition) is 1. The lowest BCUT2D eigenvalue weighted by Crippen LogP contribution is -2.42. The predicted octanol–water partition coefficient (Wildman–Crippen LogP) is 4.69. The van der Waals surface area contributed by atoms with Gasteiger partial charge in [-0.15, -0.1) is 0 Å². The third kappa shape index (κ3) is 2.00. The molecule has 0 amide bonds. The number of benzene rings is 2. The Hall–Kier alpha value is -1.19. The van der Waals surface area contributed by atoms with Crippen LogP contribution in [-0.2, 0) is 5.54 Å². The molecule has 1 nitrogen and oxygen atoms in total. The summed E-state index contributed by atoms with van der Waals surface area (Å²) in [5.41, 5.74) is 8.79. The SMILES string of the molecule is CC1CCC(N)(c2cccc(Br)c2F)c2ccccc21. The minimum Gasteiger partial charge on any atom is -0.318 e. The summed E-state index contributed by atoms with van der Waals surface area (Å²) in [5, 5.41) is 0. The van der Waals surface area contributed by atoms with E-state index < -0.39 is 5.54 Å². The molecule has 0 aliphatic heterocycles. The van der Waals surface area contributed by atoms with Gasteiger partial charge in [0, 0.05) is 5.56 Å². The van der Waals surface area contributed by atoms with E-state index in [0.717, 1.165) is 18.4 Å². The van der Waals surface area contributed by atoms with Crippen LogP contribution < -0.4 is 5.73 Å². The Kier molecular flexibility index (Phi) is 3.43. The Balaban J connectivity index is 2.23. The lowest BCUT2D eigenvalue weighted by Gasteiger charge is -2.39. The highest BCUT2D eigenvalue weighted by Gasteiger charge is 2.38. The predicted molar refractivity (Wildman–Crippen MR) is 83.2 cm³/mol. The number of rotatable bonds is 1. The quantitative estimate of drug-likeness (QED) is 0.805. The van der Waals surface area contributed by atoms with Crippen molar-refractivity contribution in [2.45, 2.75) is 31.2 Å². The summed E-state index contributed by atoms with van der Waals surface area (Å²) < 4.78 is 15.0. The zero-order chi connectivity index (χ0) is 14.3. The van der Waals surface area contributed by atoms with Crippen LogP contribution in [0.15, 0.2) is 46.9 Å². The molecule has 2 unspecified atom stereocenters. The molecule has 2 aromatic rings. The Labute approximate surface area is 127 Å². The molecule has 0 saturated carbocycles. The van der Waals surface area contributed by atoms with Crippen LogP contribution in [0, 0.1) is 5.82 Å². The van der Waals surface area contributed by atoms with E-state index in [0.29, 0.717) is 16.0 Å². The van der Waals surface area contributed by atoms with Crippen molar-refractivity contribution in [2.75, 3.05) is 0 Å². The zero-order valence-corrected chi connectivity index (χ0v) is 13.0. The molecule has 0 heterocycles. The topological polar surface area (TPSA) is 26.0 Å². The van der Waals surface area contributed by atoms with Gasteiger partial charge in [0.05, 0.1) is 10.0 Å². The van der Waals surface area contributed by atoms with Crippen LogP contribution in [-0.4, -0.2) is 0 Å². The average molecular weight is 334 g/mol. The van der Waals surface area contributed by atoms with Crippen molar-refractivity contribution in [3.63, 3.8) is 0 Å². The van der Waals surface area contributed by atoms with Crippen LogP contribution in [0.3, 0.4) is 0 Å². The molecule has 2 N–H and O–H groups in total. The van der Waals surface area contributed by atoms with Gasteiger partial charge in [0.25, 0.3) is 0 Å². The van der Waals surface area contributed by atoms with E-state index in [-0.39, 0.29) is 5.82 Å². The third-order valence-electron chi connectivity index (χ3n) is 4.38. The van der Waals surface area contributed by atoms with Gasteiger partial charge in [0.2, 0.25) is 0 Å². The maximum Gasteiger partial charge on any atom is 0.142 e. The van der Waals surface area contributed by atoms with Gasteiger partial charge in [-0.3, -0.25) is 0 Å². The van der Waals surface area contributed by atoms with Crippen LogP contribution in [0.1, 0.15) is 42.4 Å². The minimum atomic E-state index is -0.739. The molecule has 0 bridgehead atoms. The second-order valence-corrected chi connectivity index (χ2v) is 6.45. The molecule has 0 spiro atoms. The minimum absolute atomic E-state index is 0.251.